The standard InChI is InChI=1S/C23H24N2O3/c26-22(25-21-11-5-7-16-6-1-2-8-18(16)21)15-28-23(27)13-12-17-14-24-20-10-4-3-9-19(17)20/h1-4,6,8-10,14,21,24H,5,7,11-13,15H2,(H,25,26). The van der Waals surface area contributed by atoms with Gasteiger partial charge in [-0.2, -0.15) is 0 Å². The molecule has 0 aliphatic heterocycles. The van der Waals surface area contributed by atoms with Crippen molar-refractivity contribution in [2.24, 2.45) is 0 Å². The molecule has 28 heavy (non-hydrogen) atoms. The third-order valence-electron chi connectivity index (χ3n) is 5.34. The van der Waals surface area contributed by atoms with Crippen LogP contribution in [-0.4, -0.2) is 23.5 Å². The molecule has 0 fully saturated rings. The molecule has 144 valence electrons. The van der Waals surface area contributed by atoms with E-state index in [2.05, 4.69) is 22.4 Å². The van der Waals surface area contributed by atoms with Crippen LogP contribution in [0.5, 0.6) is 0 Å². The molecular formula is C23H24N2O3. The number of hydrogen-bond donors (Lipinski definition) is 2. The zero-order valence-electron chi connectivity index (χ0n) is 15.7. The molecule has 0 saturated carbocycles. The summed E-state index contributed by atoms with van der Waals surface area (Å²) in [5, 5.41) is 4.12. The van der Waals surface area contributed by atoms with Gasteiger partial charge in [-0.1, -0.05) is 42.5 Å². The third-order valence-corrected chi connectivity index (χ3v) is 5.34. The maximum atomic E-state index is 12.2. The molecule has 1 atom stereocenters. The number of carbonyl (C=O) groups excluding carboxylic acids is 2. The molecule has 0 saturated heterocycles. The highest BCUT2D eigenvalue weighted by Crippen LogP contribution is 2.29. The number of H-pyrrole nitrogens is 1. The van der Waals surface area contributed by atoms with Crippen molar-refractivity contribution < 1.29 is 14.3 Å². The Bertz CT molecular complexity index is 992. The molecule has 2 N–H and O–H groups in total. The van der Waals surface area contributed by atoms with E-state index in [0.29, 0.717) is 6.42 Å². The molecule has 1 aromatic heterocycles. The van der Waals surface area contributed by atoms with Crippen LogP contribution in [0.15, 0.2) is 54.7 Å². The molecule has 0 bridgehead atoms. The van der Waals surface area contributed by atoms with Crippen molar-refractivity contribution >= 4 is 22.8 Å². The monoisotopic (exact) mass is 376 g/mol. The van der Waals surface area contributed by atoms with Crippen molar-refractivity contribution in [3.05, 3.63) is 71.4 Å². The predicted molar refractivity (Wildman–Crippen MR) is 108 cm³/mol. The van der Waals surface area contributed by atoms with Crippen LogP contribution >= 0.6 is 0 Å². The number of amides is 1. The van der Waals surface area contributed by atoms with E-state index >= 15 is 0 Å². The average Bonchev–Trinajstić information content (AvgIpc) is 3.14. The smallest absolute Gasteiger partial charge is 0.306 e. The summed E-state index contributed by atoms with van der Waals surface area (Å²) < 4.78 is 5.18. The molecular weight excluding hydrogens is 352 g/mol. The molecule has 2 aromatic carbocycles. The number of hydrogen-bond acceptors (Lipinski definition) is 3. The fourth-order valence-corrected chi connectivity index (χ4v) is 3.93. The predicted octanol–water partition coefficient (Wildman–Crippen LogP) is 3.84. The van der Waals surface area contributed by atoms with Crippen molar-refractivity contribution in [1.29, 1.82) is 0 Å². The molecule has 3 aromatic rings. The molecule has 1 aliphatic rings. The number of aromatic amines is 1. The first-order valence-corrected chi connectivity index (χ1v) is 9.78. The SMILES string of the molecule is O=C(COC(=O)CCc1c[nH]c2ccccc12)NC1CCCc2ccccc21. The third kappa shape index (κ3) is 4.09. The maximum absolute atomic E-state index is 12.2. The Balaban J connectivity index is 1.25. The number of carbonyl (C=O) groups is 2. The van der Waals surface area contributed by atoms with E-state index in [0.717, 1.165) is 35.7 Å². The summed E-state index contributed by atoms with van der Waals surface area (Å²) in [5.74, 6) is -0.605. The summed E-state index contributed by atoms with van der Waals surface area (Å²) in [6.45, 7) is -0.231. The zero-order chi connectivity index (χ0) is 19.3. The summed E-state index contributed by atoms with van der Waals surface area (Å²) in [6, 6.07) is 16.2. The summed E-state index contributed by atoms with van der Waals surface area (Å²) in [4.78, 5) is 27.5. The fraction of sp³-hybridized carbons (Fsp3) is 0.304. The van der Waals surface area contributed by atoms with Crippen LogP contribution in [0.25, 0.3) is 10.9 Å². The lowest BCUT2D eigenvalue weighted by Gasteiger charge is -2.26. The molecule has 1 aliphatic carbocycles. The minimum absolute atomic E-state index is 0.00220. The van der Waals surface area contributed by atoms with Gasteiger partial charge in [-0.3, -0.25) is 9.59 Å². The van der Waals surface area contributed by atoms with Gasteiger partial charge in [0.1, 0.15) is 0 Å². The number of aryl methyl sites for hydroxylation is 2. The van der Waals surface area contributed by atoms with Gasteiger partial charge in [0.25, 0.3) is 5.91 Å². The number of fused-ring (bicyclic) bond motifs is 2. The number of para-hydroxylation sites is 1. The van der Waals surface area contributed by atoms with Crippen molar-refractivity contribution in [2.75, 3.05) is 6.61 Å². The van der Waals surface area contributed by atoms with Crippen LogP contribution in [0.1, 0.15) is 42.0 Å². The number of ether oxygens (including phenoxy) is 1. The molecule has 0 radical (unpaired) electrons. The number of esters is 1. The van der Waals surface area contributed by atoms with Crippen LogP contribution in [-0.2, 0) is 27.2 Å². The first kappa shape index (κ1) is 18.3. The van der Waals surface area contributed by atoms with Crippen LogP contribution in [0.4, 0.5) is 0 Å². The maximum Gasteiger partial charge on any atom is 0.306 e. The van der Waals surface area contributed by atoms with Crippen molar-refractivity contribution in [2.45, 2.75) is 38.1 Å². The normalized spacial score (nSPS) is 15.8. The second kappa shape index (κ2) is 8.30. The average molecular weight is 376 g/mol. The minimum Gasteiger partial charge on any atom is -0.456 e. The lowest BCUT2D eigenvalue weighted by molar-refractivity contribution is -0.148. The molecule has 1 heterocycles. The van der Waals surface area contributed by atoms with Gasteiger partial charge in [-0.25, -0.2) is 0 Å². The highest BCUT2D eigenvalue weighted by Gasteiger charge is 2.21. The van der Waals surface area contributed by atoms with Crippen LogP contribution in [0.3, 0.4) is 0 Å². The summed E-state index contributed by atoms with van der Waals surface area (Å²) in [5.41, 5.74) is 4.59. The summed E-state index contributed by atoms with van der Waals surface area (Å²) in [7, 11) is 0. The van der Waals surface area contributed by atoms with Gasteiger partial charge in [-0.15, -0.1) is 0 Å². The number of rotatable bonds is 6. The molecule has 4 rings (SSSR count). The van der Waals surface area contributed by atoms with E-state index in [1.54, 1.807) is 0 Å². The van der Waals surface area contributed by atoms with Gasteiger partial charge >= 0.3 is 5.97 Å². The second-order valence-electron chi connectivity index (χ2n) is 7.23. The second-order valence-corrected chi connectivity index (χ2v) is 7.23. The Hall–Kier alpha value is -3.08. The highest BCUT2D eigenvalue weighted by molar-refractivity contribution is 5.84. The van der Waals surface area contributed by atoms with Crippen molar-refractivity contribution in [3.63, 3.8) is 0 Å². The Morgan fingerprint density at radius 2 is 1.93 bits per heavy atom. The first-order valence-electron chi connectivity index (χ1n) is 9.78. The first-order chi connectivity index (χ1) is 13.7. The van der Waals surface area contributed by atoms with Gasteiger partial charge in [0.05, 0.1) is 6.04 Å². The van der Waals surface area contributed by atoms with Crippen molar-refractivity contribution in [3.8, 4) is 0 Å². The quantitative estimate of drug-likeness (QED) is 0.642. The Morgan fingerprint density at radius 3 is 2.86 bits per heavy atom. The van der Waals surface area contributed by atoms with Gasteiger partial charge < -0.3 is 15.0 Å². The molecule has 5 heteroatoms. The number of nitrogens with one attached hydrogen (secondary N) is 2. The Morgan fingerprint density at radius 1 is 1.11 bits per heavy atom. The highest BCUT2D eigenvalue weighted by atomic mass is 16.5. The largest absolute Gasteiger partial charge is 0.456 e. The van der Waals surface area contributed by atoms with E-state index in [4.69, 9.17) is 4.74 Å². The zero-order valence-corrected chi connectivity index (χ0v) is 15.7. The van der Waals surface area contributed by atoms with E-state index < -0.39 is 0 Å². The van der Waals surface area contributed by atoms with Gasteiger partial charge in [0.2, 0.25) is 0 Å². The van der Waals surface area contributed by atoms with E-state index in [1.165, 1.54) is 11.1 Å². The topological polar surface area (TPSA) is 71.2 Å². The molecule has 1 unspecified atom stereocenters. The van der Waals surface area contributed by atoms with E-state index in [-0.39, 0.29) is 30.9 Å². The van der Waals surface area contributed by atoms with Gasteiger partial charge in [-0.05, 0) is 48.4 Å². The van der Waals surface area contributed by atoms with Gasteiger partial charge in [0.15, 0.2) is 6.61 Å². The van der Waals surface area contributed by atoms with Crippen molar-refractivity contribution in [1.82, 2.24) is 10.3 Å². The fourth-order valence-electron chi connectivity index (χ4n) is 3.93. The summed E-state index contributed by atoms with van der Waals surface area (Å²) in [6.07, 6.45) is 5.77. The van der Waals surface area contributed by atoms with Crippen LogP contribution < -0.4 is 5.32 Å². The van der Waals surface area contributed by atoms with E-state index in [1.807, 2.05) is 42.6 Å². The lowest BCUT2D eigenvalue weighted by Crippen LogP contribution is -2.34. The van der Waals surface area contributed by atoms with Crippen LogP contribution in [0.2, 0.25) is 0 Å². The molecule has 5 nitrogen and oxygen atoms in total. The van der Waals surface area contributed by atoms with Crippen LogP contribution in [0, 0.1) is 0 Å². The minimum atomic E-state index is -0.357. The number of benzene rings is 2. The van der Waals surface area contributed by atoms with E-state index in [9.17, 15) is 9.59 Å². The Kier molecular flexibility index (Phi) is 5.42. The number of aromatic nitrogens is 1. The molecule has 1 amide bonds. The van der Waals surface area contributed by atoms with Gasteiger partial charge in [0, 0.05) is 23.5 Å². The Labute approximate surface area is 164 Å². The molecule has 0 spiro atoms. The lowest BCUT2D eigenvalue weighted by atomic mass is 9.88. The summed E-state index contributed by atoms with van der Waals surface area (Å²) >= 11 is 0.